The van der Waals surface area contributed by atoms with Crippen molar-refractivity contribution in [3.8, 4) is 0 Å². The van der Waals surface area contributed by atoms with E-state index in [9.17, 15) is 13.2 Å². The van der Waals surface area contributed by atoms with Crippen LogP contribution in [-0.2, 0) is 0 Å². The smallest absolute Gasteiger partial charge is 0.195 e. The van der Waals surface area contributed by atoms with Crippen molar-refractivity contribution in [3.63, 3.8) is 0 Å². The molecule has 0 spiro atoms. The van der Waals surface area contributed by atoms with Gasteiger partial charge in [0.05, 0.1) is 0 Å². The van der Waals surface area contributed by atoms with Crippen LogP contribution in [0.3, 0.4) is 0 Å². The Kier molecular flexibility index (Phi) is 2.44. The van der Waals surface area contributed by atoms with Crippen molar-refractivity contribution in [2.45, 2.75) is 4.90 Å². The zero-order valence-corrected chi connectivity index (χ0v) is 6.51. The quantitative estimate of drug-likeness (QED) is 0.470. The largest absolute Gasteiger partial charge is 0.204 e. The molecule has 0 fully saturated rings. The van der Waals surface area contributed by atoms with Crippen LogP contribution in [0.15, 0.2) is 17.0 Å². The Morgan fingerprint density at radius 2 is 1.73 bits per heavy atom. The molecule has 4 heteroatoms. The fourth-order valence-electron chi connectivity index (χ4n) is 0.666. The number of thioether (sulfide) groups is 1. The van der Waals surface area contributed by atoms with E-state index < -0.39 is 17.5 Å². The molecule has 0 saturated carbocycles. The first kappa shape index (κ1) is 8.46. The Hall–Kier alpha value is -0.640. The molecule has 0 heterocycles. The minimum Gasteiger partial charge on any atom is -0.204 e. The van der Waals surface area contributed by atoms with Crippen molar-refractivity contribution in [1.82, 2.24) is 0 Å². The Morgan fingerprint density at radius 1 is 1.09 bits per heavy atom. The summed E-state index contributed by atoms with van der Waals surface area (Å²) in [6, 6.07) is 2.11. The maximum Gasteiger partial charge on any atom is 0.195 e. The van der Waals surface area contributed by atoms with Crippen LogP contribution in [0.25, 0.3) is 0 Å². The van der Waals surface area contributed by atoms with E-state index >= 15 is 0 Å². The van der Waals surface area contributed by atoms with E-state index in [2.05, 4.69) is 0 Å². The van der Waals surface area contributed by atoms with Gasteiger partial charge in [0.25, 0.3) is 0 Å². The highest BCUT2D eigenvalue weighted by molar-refractivity contribution is 7.98. The summed E-state index contributed by atoms with van der Waals surface area (Å²) >= 11 is 1.04. The molecular weight excluding hydrogens is 173 g/mol. The molecule has 0 unspecified atom stereocenters. The molecule has 0 N–H and O–H groups in total. The zero-order valence-electron chi connectivity index (χ0n) is 5.70. The summed E-state index contributed by atoms with van der Waals surface area (Å²) in [6.07, 6.45) is 1.59. The number of halogens is 3. The minimum atomic E-state index is -1.41. The fraction of sp³-hybridized carbons (Fsp3) is 0.143. The van der Waals surface area contributed by atoms with E-state index in [4.69, 9.17) is 0 Å². The maximum absolute atomic E-state index is 12.6. The molecule has 1 aromatic carbocycles. The topological polar surface area (TPSA) is 0 Å². The van der Waals surface area contributed by atoms with E-state index in [-0.39, 0.29) is 4.90 Å². The average Bonchev–Trinajstić information content (AvgIpc) is 2.01. The molecule has 0 bridgehead atoms. The van der Waals surface area contributed by atoms with Gasteiger partial charge in [-0.15, -0.1) is 11.8 Å². The van der Waals surface area contributed by atoms with Gasteiger partial charge in [-0.25, -0.2) is 13.2 Å². The van der Waals surface area contributed by atoms with Crippen LogP contribution >= 0.6 is 11.8 Å². The summed E-state index contributed by atoms with van der Waals surface area (Å²) in [4.78, 5) is 0.115. The molecule has 60 valence electrons. The second-order valence-corrected chi connectivity index (χ2v) is 2.73. The van der Waals surface area contributed by atoms with Crippen LogP contribution in [0.2, 0.25) is 0 Å². The van der Waals surface area contributed by atoms with Crippen LogP contribution < -0.4 is 0 Å². The third-order valence-electron chi connectivity index (χ3n) is 1.22. The van der Waals surface area contributed by atoms with Crippen LogP contribution in [-0.4, -0.2) is 6.26 Å². The van der Waals surface area contributed by atoms with E-state index in [1.54, 1.807) is 6.26 Å². The Balaban J connectivity index is 3.25. The van der Waals surface area contributed by atoms with Gasteiger partial charge in [0.15, 0.2) is 17.5 Å². The van der Waals surface area contributed by atoms with Gasteiger partial charge in [-0.05, 0) is 18.4 Å². The van der Waals surface area contributed by atoms with Crippen molar-refractivity contribution < 1.29 is 13.2 Å². The van der Waals surface area contributed by atoms with Gasteiger partial charge in [-0.1, -0.05) is 0 Å². The average molecular weight is 178 g/mol. The normalized spacial score (nSPS) is 10.2. The van der Waals surface area contributed by atoms with Crippen molar-refractivity contribution in [3.05, 3.63) is 29.6 Å². The first-order valence-corrected chi connectivity index (χ1v) is 4.06. The zero-order chi connectivity index (χ0) is 8.43. The Morgan fingerprint density at radius 3 is 2.27 bits per heavy atom. The van der Waals surface area contributed by atoms with Gasteiger partial charge < -0.3 is 0 Å². The fourth-order valence-corrected chi connectivity index (χ4v) is 1.14. The molecule has 0 radical (unpaired) electrons. The van der Waals surface area contributed by atoms with Gasteiger partial charge in [0, 0.05) is 4.90 Å². The summed E-state index contributed by atoms with van der Waals surface area (Å²) in [5.74, 6) is -3.67. The number of rotatable bonds is 1. The lowest BCUT2D eigenvalue weighted by Crippen LogP contribution is -1.91. The number of benzene rings is 1. The molecule has 0 aromatic heterocycles. The minimum absolute atomic E-state index is 0.115. The molecular formula is C7H5F3S. The van der Waals surface area contributed by atoms with Crippen LogP contribution in [0, 0.1) is 17.5 Å². The molecule has 11 heavy (non-hydrogen) atoms. The van der Waals surface area contributed by atoms with E-state index in [0.29, 0.717) is 0 Å². The van der Waals surface area contributed by atoms with Crippen LogP contribution in [0.1, 0.15) is 0 Å². The summed E-state index contributed by atoms with van der Waals surface area (Å²) in [6.45, 7) is 0. The lowest BCUT2D eigenvalue weighted by molar-refractivity contribution is 0.435. The number of hydrogen-bond acceptors (Lipinski definition) is 1. The van der Waals surface area contributed by atoms with Crippen LogP contribution in [0.4, 0.5) is 13.2 Å². The van der Waals surface area contributed by atoms with E-state index in [0.717, 1.165) is 17.8 Å². The highest BCUT2D eigenvalue weighted by atomic mass is 32.2. The standard InChI is InChI=1S/C7H5F3S/c1-11-5-3-2-4(8)6(9)7(5)10/h2-3H,1H3. The highest BCUT2D eigenvalue weighted by Crippen LogP contribution is 2.22. The first-order chi connectivity index (χ1) is 5.16. The Bertz CT molecular complexity index is 273. The molecule has 0 amide bonds. The van der Waals surface area contributed by atoms with Crippen molar-refractivity contribution in [2.24, 2.45) is 0 Å². The highest BCUT2D eigenvalue weighted by Gasteiger charge is 2.11. The van der Waals surface area contributed by atoms with Gasteiger partial charge in [0.2, 0.25) is 0 Å². The van der Waals surface area contributed by atoms with Crippen molar-refractivity contribution in [1.29, 1.82) is 0 Å². The van der Waals surface area contributed by atoms with Crippen molar-refractivity contribution in [2.75, 3.05) is 6.26 Å². The lowest BCUT2D eigenvalue weighted by atomic mass is 10.3. The third kappa shape index (κ3) is 1.50. The van der Waals surface area contributed by atoms with E-state index in [1.165, 1.54) is 6.07 Å². The molecule has 0 aliphatic rings. The molecule has 1 rings (SSSR count). The predicted octanol–water partition coefficient (Wildman–Crippen LogP) is 2.83. The monoisotopic (exact) mass is 178 g/mol. The molecule has 0 saturated heterocycles. The third-order valence-corrected chi connectivity index (χ3v) is 1.97. The summed E-state index contributed by atoms with van der Waals surface area (Å²) in [5, 5.41) is 0. The second-order valence-electron chi connectivity index (χ2n) is 1.88. The Labute approximate surface area is 66.4 Å². The van der Waals surface area contributed by atoms with Crippen LogP contribution in [0.5, 0.6) is 0 Å². The second kappa shape index (κ2) is 3.17. The maximum atomic E-state index is 12.6. The van der Waals surface area contributed by atoms with Gasteiger partial charge in [-0.3, -0.25) is 0 Å². The van der Waals surface area contributed by atoms with Gasteiger partial charge in [0.1, 0.15) is 0 Å². The first-order valence-electron chi connectivity index (χ1n) is 2.84. The summed E-state index contributed by atoms with van der Waals surface area (Å²) in [5.41, 5.74) is 0. The molecule has 0 aliphatic carbocycles. The molecule has 0 aliphatic heterocycles. The van der Waals surface area contributed by atoms with Gasteiger partial charge >= 0.3 is 0 Å². The molecule has 1 aromatic rings. The molecule has 0 nitrogen and oxygen atoms in total. The van der Waals surface area contributed by atoms with E-state index in [1.807, 2.05) is 0 Å². The predicted molar refractivity (Wildman–Crippen MR) is 38.1 cm³/mol. The van der Waals surface area contributed by atoms with Gasteiger partial charge in [-0.2, -0.15) is 0 Å². The molecule has 0 atom stereocenters. The lowest BCUT2D eigenvalue weighted by Gasteiger charge is -1.99. The summed E-state index contributed by atoms with van der Waals surface area (Å²) in [7, 11) is 0. The van der Waals surface area contributed by atoms with Crippen molar-refractivity contribution >= 4 is 11.8 Å². The number of hydrogen-bond donors (Lipinski definition) is 0. The summed E-state index contributed by atoms with van der Waals surface area (Å²) < 4.78 is 37.3. The SMILES string of the molecule is CSc1ccc(F)c(F)c1F.